The largest absolute Gasteiger partial charge is 0.348 e. The van der Waals surface area contributed by atoms with E-state index in [-0.39, 0.29) is 4.57 Å². The van der Waals surface area contributed by atoms with Crippen LogP contribution in [0, 0.1) is 0 Å². The average molecular weight is 416 g/mol. The van der Waals surface area contributed by atoms with Gasteiger partial charge in [0.1, 0.15) is 0 Å². The van der Waals surface area contributed by atoms with E-state index in [2.05, 4.69) is 59.9 Å². The van der Waals surface area contributed by atoms with E-state index in [1.807, 2.05) is 0 Å². The Morgan fingerprint density at radius 2 is 1.16 bits per heavy atom. The van der Waals surface area contributed by atoms with Gasteiger partial charge in [-0.05, 0) is 35.7 Å². The zero-order chi connectivity index (χ0) is 18.5. The lowest BCUT2D eigenvalue weighted by atomic mass is 10.0. The fourth-order valence-electron chi connectivity index (χ4n) is 3.66. The van der Waals surface area contributed by atoms with Gasteiger partial charge in [-0.15, -0.1) is 0 Å². The highest BCUT2D eigenvalue weighted by atomic mass is 79.9. The number of alkyl halides is 1. The first-order valence-corrected chi connectivity index (χ1v) is 11.7. The summed E-state index contributed by atoms with van der Waals surface area (Å²) in [6, 6.07) is 0. The third-order valence-electron chi connectivity index (χ3n) is 5.82. The Hall–Kier alpha value is -0.180. The molecule has 1 rings (SSSR count). The van der Waals surface area contributed by atoms with Gasteiger partial charge in [0.05, 0.1) is 0 Å². The van der Waals surface area contributed by atoms with Gasteiger partial charge in [-0.25, -0.2) is 0 Å². The van der Waals surface area contributed by atoms with Crippen molar-refractivity contribution < 1.29 is 0 Å². The van der Waals surface area contributed by atoms with Crippen LogP contribution in [-0.4, -0.2) is 28.5 Å². The lowest BCUT2D eigenvalue weighted by molar-refractivity contribution is 0.183. The quantitative estimate of drug-likeness (QED) is 0.154. The second-order valence-electron chi connectivity index (χ2n) is 8.04. The Balaban J connectivity index is 1.86. The molecule has 0 N–H and O–H groups in total. The molecule has 0 spiro atoms. The Morgan fingerprint density at radius 1 is 0.760 bits per heavy atom. The fraction of sp³-hybridized carbons (Fsp3) is 0.909. The first-order valence-electron chi connectivity index (χ1n) is 10.9. The van der Waals surface area contributed by atoms with Crippen molar-refractivity contribution in [1.29, 1.82) is 0 Å². The third kappa shape index (κ3) is 8.84. The number of hydrogen-bond donors (Lipinski definition) is 0. The molecule has 0 aromatic carbocycles. The minimum Gasteiger partial charge on any atom is -0.348 e. The number of halogens is 1. The monoisotopic (exact) mass is 414 g/mol. The number of unbranched alkanes of at least 4 members (excludes halogenated alkanes) is 13. The Bertz CT molecular complexity index is 365. The highest BCUT2D eigenvalue weighted by Crippen LogP contribution is 2.36. The van der Waals surface area contributed by atoms with Crippen LogP contribution in [0.3, 0.4) is 0 Å². The van der Waals surface area contributed by atoms with Crippen molar-refractivity contribution in [2.75, 3.05) is 14.1 Å². The van der Waals surface area contributed by atoms with Crippen LogP contribution in [0.25, 0.3) is 0 Å². The minimum absolute atomic E-state index is 0.0433. The van der Waals surface area contributed by atoms with Crippen molar-refractivity contribution in [1.82, 2.24) is 9.80 Å². The zero-order valence-electron chi connectivity index (χ0n) is 17.5. The predicted molar refractivity (Wildman–Crippen MR) is 116 cm³/mol. The molecule has 0 aliphatic carbocycles. The van der Waals surface area contributed by atoms with Crippen molar-refractivity contribution >= 4 is 15.9 Å². The van der Waals surface area contributed by atoms with Crippen molar-refractivity contribution in [3.8, 4) is 0 Å². The molecule has 25 heavy (non-hydrogen) atoms. The summed E-state index contributed by atoms with van der Waals surface area (Å²) in [5.74, 6) is 0. The van der Waals surface area contributed by atoms with Crippen molar-refractivity contribution in [3.05, 3.63) is 11.9 Å². The summed E-state index contributed by atoms with van der Waals surface area (Å²) in [6.07, 6.45) is 23.5. The van der Waals surface area contributed by atoms with E-state index < -0.39 is 0 Å². The van der Waals surface area contributed by atoms with E-state index in [0.29, 0.717) is 0 Å². The topological polar surface area (TPSA) is 6.48 Å². The SMILES string of the molecule is CCCCCCCCCCCCCCCCC1=CN(C)C(C)(Br)N1C. The van der Waals surface area contributed by atoms with Gasteiger partial charge < -0.3 is 9.80 Å². The molecule has 0 aromatic rings. The summed E-state index contributed by atoms with van der Waals surface area (Å²) in [6.45, 7) is 4.50. The lowest BCUT2D eigenvalue weighted by Gasteiger charge is -2.35. The number of nitrogens with zero attached hydrogens (tertiary/aromatic N) is 2. The number of rotatable bonds is 15. The van der Waals surface area contributed by atoms with E-state index >= 15 is 0 Å². The molecule has 1 unspecified atom stereocenters. The molecule has 0 amide bonds. The van der Waals surface area contributed by atoms with Gasteiger partial charge in [0, 0.05) is 26.0 Å². The maximum atomic E-state index is 3.80. The lowest BCUT2D eigenvalue weighted by Crippen LogP contribution is -2.42. The molecule has 3 heteroatoms. The van der Waals surface area contributed by atoms with Crippen LogP contribution in [0.1, 0.15) is 110 Å². The Morgan fingerprint density at radius 3 is 1.52 bits per heavy atom. The third-order valence-corrected chi connectivity index (χ3v) is 6.91. The standard InChI is InChI=1S/C22H43BrN2/c1-5-6-7-8-9-10-11-12-13-14-15-16-17-18-19-21-20-24(3)22(2,23)25(21)4/h20H,5-19H2,1-4H3. The Kier molecular flexibility index (Phi) is 11.9. The van der Waals surface area contributed by atoms with Crippen LogP contribution in [-0.2, 0) is 0 Å². The maximum Gasteiger partial charge on any atom is 0.166 e. The number of hydrogen-bond acceptors (Lipinski definition) is 2. The molecular formula is C22H43BrN2. The molecule has 0 radical (unpaired) electrons. The molecule has 1 heterocycles. The summed E-state index contributed by atoms with van der Waals surface area (Å²) >= 11 is 3.80. The summed E-state index contributed by atoms with van der Waals surface area (Å²) in [5, 5.41) is 0. The molecule has 0 saturated carbocycles. The maximum absolute atomic E-state index is 3.80. The van der Waals surface area contributed by atoms with Gasteiger partial charge in [0.2, 0.25) is 0 Å². The van der Waals surface area contributed by atoms with Gasteiger partial charge in [-0.2, -0.15) is 0 Å². The van der Waals surface area contributed by atoms with E-state index in [9.17, 15) is 0 Å². The van der Waals surface area contributed by atoms with E-state index in [0.717, 1.165) is 0 Å². The van der Waals surface area contributed by atoms with Gasteiger partial charge in [0.25, 0.3) is 0 Å². The first kappa shape index (κ1) is 22.9. The van der Waals surface area contributed by atoms with E-state index in [1.54, 1.807) is 0 Å². The normalized spacial score (nSPS) is 20.4. The molecule has 1 atom stereocenters. The van der Waals surface area contributed by atoms with Crippen LogP contribution in [0.5, 0.6) is 0 Å². The second kappa shape index (κ2) is 13.1. The van der Waals surface area contributed by atoms with Gasteiger partial charge >= 0.3 is 0 Å². The predicted octanol–water partition coefficient (Wildman–Crippen LogP) is 7.65. The molecular weight excluding hydrogens is 372 g/mol. The van der Waals surface area contributed by atoms with Crippen molar-refractivity contribution in [2.45, 2.75) is 115 Å². The molecule has 1 aliphatic rings. The molecule has 0 bridgehead atoms. The second-order valence-corrected chi connectivity index (χ2v) is 9.54. The smallest absolute Gasteiger partial charge is 0.166 e. The van der Waals surface area contributed by atoms with E-state index in [1.165, 1.54) is 102 Å². The van der Waals surface area contributed by atoms with Crippen LogP contribution >= 0.6 is 15.9 Å². The molecule has 0 saturated heterocycles. The van der Waals surface area contributed by atoms with Crippen molar-refractivity contribution in [3.63, 3.8) is 0 Å². The molecule has 1 aliphatic heterocycles. The zero-order valence-corrected chi connectivity index (χ0v) is 19.0. The van der Waals surface area contributed by atoms with Crippen LogP contribution < -0.4 is 0 Å². The van der Waals surface area contributed by atoms with Crippen LogP contribution in [0.2, 0.25) is 0 Å². The number of allylic oxidation sites excluding steroid dienone is 1. The summed E-state index contributed by atoms with van der Waals surface area (Å²) in [5.41, 5.74) is 1.46. The van der Waals surface area contributed by atoms with Crippen LogP contribution in [0.15, 0.2) is 11.9 Å². The summed E-state index contributed by atoms with van der Waals surface area (Å²) < 4.78 is -0.0433. The summed E-state index contributed by atoms with van der Waals surface area (Å²) in [7, 11) is 4.33. The van der Waals surface area contributed by atoms with Crippen LogP contribution in [0.4, 0.5) is 0 Å². The molecule has 2 nitrogen and oxygen atoms in total. The first-order chi connectivity index (χ1) is 12.0. The average Bonchev–Trinajstić information content (AvgIpc) is 2.78. The van der Waals surface area contributed by atoms with Gasteiger partial charge in [-0.3, -0.25) is 0 Å². The van der Waals surface area contributed by atoms with Gasteiger partial charge in [0.15, 0.2) is 4.57 Å². The fourth-order valence-corrected chi connectivity index (χ4v) is 3.99. The highest BCUT2D eigenvalue weighted by molar-refractivity contribution is 9.10. The molecule has 148 valence electrons. The Labute approximate surface area is 166 Å². The molecule has 0 aromatic heterocycles. The minimum atomic E-state index is -0.0433. The summed E-state index contributed by atoms with van der Waals surface area (Å²) in [4.78, 5) is 4.61. The highest BCUT2D eigenvalue weighted by Gasteiger charge is 2.35. The molecule has 0 fully saturated rings. The van der Waals surface area contributed by atoms with E-state index in [4.69, 9.17) is 0 Å². The van der Waals surface area contributed by atoms with Crippen molar-refractivity contribution in [2.24, 2.45) is 0 Å². The van der Waals surface area contributed by atoms with Gasteiger partial charge in [-0.1, -0.05) is 90.4 Å².